The van der Waals surface area contributed by atoms with E-state index in [1.54, 1.807) is 0 Å². The van der Waals surface area contributed by atoms with Crippen LogP contribution < -0.4 is 0 Å². The van der Waals surface area contributed by atoms with E-state index in [-0.39, 0.29) is 0 Å². The van der Waals surface area contributed by atoms with Gasteiger partial charge in [0.25, 0.3) is 10.1 Å². The van der Waals surface area contributed by atoms with Crippen molar-refractivity contribution in [3.05, 3.63) is 0 Å². The van der Waals surface area contributed by atoms with Crippen molar-refractivity contribution in [2.45, 2.75) is 95.8 Å². The smallest absolute Gasteiger partial charge is 0.270 e. The Labute approximate surface area is 124 Å². The van der Waals surface area contributed by atoms with Gasteiger partial charge in [-0.05, 0) is 12.8 Å². The molecular weight excluding hydrogens is 276 g/mol. The molecule has 0 aromatic carbocycles. The number of unbranched alkanes of at least 4 members (excludes halogenated alkanes) is 7. The van der Waals surface area contributed by atoms with Crippen LogP contribution in [0.2, 0.25) is 0 Å². The zero-order chi connectivity index (χ0) is 15.4. The molecule has 0 spiro atoms. The van der Waals surface area contributed by atoms with Gasteiger partial charge in [-0.15, -0.1) is 0 Å². The van der Waals surface area contributed by atoms with Crippen LogP contribution in [0.5, 0.6) is 0 Å². The summed E-state index contributed by atoms with van der Waals surface area (Å²) < 4.78 is 31.9. The van der Waals surface area contributed by atoms with Gasteiger partial charge in [0.15, 0.2) is 0 Å². The van der Waals surface area contributed by atoms with Gasteiger partial charge in [0.05, 0.1) is 6.10 Å². The van der Waals surface area contributed by atoms with Crippen LogP contribution in [0.15, 0.2) is 0 Å². The van der Waals surface area contributed by atoms with Gasteiger partial charge in [0, 0.05) is 0 Å². The summed E-state index contributed by atoms with van der Waals surface area (Å²) in [4.78, 5) is 0. The second-order valence-electron chi connectivity index (χ2n) is 5.67. The van der Waals surface area contributed by atoms with Crippen LogP contribution in [-0.4, -0.2) is 29.4 Å². The van der Waals surface area contributed by atoms with Crippen LogP contribution in [0.1, 0.15) is 84.5 Å². The van der Waals surface area contributed by atoms with Gasteiger partial charge in [-0.3, -0.25) is 4.55 Å². The summed E-state index contributed by atoms with van der Waals surface area (Å²) in [5, 5.41) is 9.00. The molecule has 5 heteroatoms. The fourth-order valence-electron chi connectivity index (χ4n) is 2.46. The molecule has 0 rings (SSSR count). The average Bonchev–Trinajstić information content (AvgIpc) is 2.37. The number of aliphatic hydroxyl groups excluding tert-OH is 1. The number of hydrogen-bond donors (Lipinski definition) is 2. The quantitative estimate of drug-likeness (QED) is 0.399. The van der Waals surface area contributed by atoms with Gasteiger partial charge in [0.2, 0.25) is 0 Å². The van der Waals surface area contributed by atoms with Crippen LogP contribution in [0.3, 0.4) is 0 Å². The Morgan fingerprint density at radius 2 is 1.25 bits per heavy atom. The molecule has 0 aliphatic heterocycles. The SMILES string of the molecule is CCCCCCCCC(O)C(CCCCC)S(=O)(=O)O. The minimum atomic E-state index is -4.15. The second kappa shape index (κ2) is 11.5. The highest BCUT2D eigenvalue weighted by molar-refractivity contribution is 7.86. The second-order valence-corrected chi connectivity index (χ2v) is 7.31. The van der Waals surface area contributed by atoms with Crippen LogP contribution >= 0.6 is 0 Å². The van der Waals surface area contributed by atoms with Gasteiger partial charge < -0.3 is 5.11 Å². The molecule has 0 aromatic rings. The molecule has 0 aromatic heterocycles. The topological polar surface area (TPSA) is 74.6 Å². The summed E-state index contributed by atoms with van der Waals surface area (Å²) in [5.41, 5.74) is 0. The zero-order valence-electron chi connectivity index (χ0n) is 13.1. The lowest BCUT2D eigenvalue weighted by Gasteiger charge is -2.20. The summed E-state index contributed by atoms with van der Waals surface area (Å²) >= 11 is 0. The fourth-order valence-corrected chi connectivity index (χ4v) is 3.45. The van der Waals surface area contributed by atoms with E-state index in [1.165, 1.54) is 19.3 Å². The number of aliphatic hydroxyl groups is 1. The van der Waals surface area contributed by atoms with Gasteiger partial charge in [-0.1, -0.05) is 71.6 Å². The van der Waals surface area contributed by atoms with E-state index in [0.29, 0.717) is 12.8 Å². The summed E-state index contributed by atoms with van der Waals surface area (Å²) in [6.45, 7) is 4.20. The molecular formula is C15H32O4S. The molecule has 2 unspecified atom stereocenters. The van der Waals surface area contributed by atoms with E-state index in [1.807, 2.05) is 6.92 Å². The lowest BCUT2D eigenvalue weighted by atomic mass is 10.0. The largest absolute Gasteiger partial charge is 0.392 e. The molecule has 122 valence electrons. The van der Waals surface area contributed by atoms with Crippen molar-refractivity contribution < 1.29 is 18.1 Å². The maximum atomic E-state index is 11.3. The maximum Gasteiger partial charge on any atom is 0.270 e. The molecule has 0 saturated heterocycles. The van der Waals surface area contributed by atoms with Crippen LogP contribution in [0.25, 0.3) is 0 Å². The molecule has 0 aliphatic rings. The molecule has 20 heavy (non-hydrogen) atoms. The predicted molar refractivity (Wildman–Crippen MR) is 83.5 cm³/mol. The van der Waals surface area contributed by atoms with Crippen molar-refractivity contribution in [3.63, 3.8) is 0 Å². The third-order valence-corrected chi connectivity index (χ3v) is 5.07. The highest BCUT2D eigenvalue weighted by atomic mass is 32.2. The Bertz CT molecular complexity index is 314. The normalized spacial score (nSPS) is 15.2. The molecule has 0 heterocycles. The molecule has 0 fully saturated rings. The molecule has 0 bridgehead atoms. The van der Waals surface area contributed by atoms with E-state index in [9.17, 15) is 18.1 Å². The Morgan fingerprint density at radius 3 is 1.80 bits per heavy atom. The first-order valence-corrected chi connectivity index (χ1v) is 9.58. The van der Waals surface area contributed by atoms with Crippen LogP contribution in [-0.2, 0) is 10.1 Å². The van der Waals surface area contributed by atoms with E-state index in [2.05, 4.69) is 6.92 Å². The van der Waals surface area contributed by atoms with Crippen molar-refractivity contribution in [1.82, 2.24) is 0 Å². The fraction of sp³-hybridized carbons (Fsp3) is 1.00. The first-order chi connectivity index (χ1) is 9.43. The third-order valence-electron chi connectivity index (χ3n) is 3.76. The highest BCUT2D eigenvalue weighted by Gasteiger charge is 2.29. The van der Waals surface area contributed by atoms with E-state index in [4.69, 9.17) is 0 Å². The van der Waals surface area contributed by atoms with E-state index in [0.717, 1.165) is 38.5 Å². The third kappa shape index (κ3) is 9.72. The van der Waals surface area contributed by atoms with Gasteiger partial charge >= 0.3 is 0 Å². The molecule has 0 amide bonds. The van der Waals surface area contributed by atoms with Gasteiger partial charge in [0.1, 0.15) is 5.25 Å². The van der Waals surface area contributed by atoms with E-state index < -0.39 is 21.5 Å². The lowest BCUT2D eigenvalue weighted by Crippen LogP contribution is -2.33. The van der Waals surface area contributed by atoms with Crippen molar-refractivity contribution in [2.75, 3.05) is 0 Å². The molecule has 2 N–H and O–H groups in total. The Kier molecular flexibility index (Phi) is 11.4. The summed E-state index contributed by atoms with van der Waals surface area (Å²) in [6.07, 6.45) is 9.13. The van der Waals surface area contributed by atoms with Gasteiger partial charge in [-0.25, -0.2) is 0 Å². The van der Waals surface area contributed by atoms with Crippen LogP contribution in [0.4, 0.5) is 0 Å². The van der Waals surface area contributed by atoms with Crippen molar-refractivity contribution in [1.29, 1.82) is 0 Å². The summed E-state index contributed by atoms with van der Waals surface area (Å²) in [6, 6.07) is 0. The Hall–Kier alpha value is -0.130. The van der Waals surface area contributed by atoms with Crippen molar-refractivity contribution >= 4 is 10.1 Å². The molecule has 0 radical (unpaired) electrons. The minimum absolute atomic E-state index is 0.351. The highest BCUT2D eigenvalue weighted by Crippen LogP contribution is 2.19. The van der Waals surface area contributed by atoms with Crippen molar-refractivity contribution in [3.8, 4) is 0 Å². The lowest BCUT2D eigenvalue weighted by molar-refractivity contribution is 0.146. The maximum absolute atomic E-state index is 11.3. The van der Waals surface area contributed by atoms with Crippen molar-refractivity contribution in [2.24, 2.45) is 0 Å². The van der Waals surface area contributed by atoms with Gasteiger partial charge in [-0.2, -0.15) is 8.42 Å². The molecule has 2 atom stereocenters. The summed E-state index contributed by atoms with van der Waals surface area (Å²) in [5.74, 6) is 0. The first-order valence-electron chi connectivity index (χ1n) is 8.07. The van der Waals surface area contributed by atoms with Crippen LogP contribution in [0, 0.1) is 0 Å². The predicted octanol–water partition coefficient (Wildman–Crippen LogP) is 3.93. The van der Waals surface area contributed by atoms with E-state index >= 15 is 0 Å². The Morgan fingerprint density at radius 1 is 0.800 bits per heavy atom. The molecule has 0 saturated carbocycles. The first kappa shape index (κ1) is 19.9. The zero-order valence-corrected chi connectivity index (χ0v) is 13.9. The number of hydrogen-bond acceptors (Lipinski definition) is 3. The monoisotopic (exact) mass is 308 g/mol. The average molecular weight is 308 g/mol. The Balaban J connectivity index is 4.05. The standard InChI is InChI=1S/C15H32O4S/c1-3-5-7-8-9-11-12-14(16)15(20(17,18)19)13-10-6-4-2/h14-16H,3-13H2,1-2H3,(H,17,18,19). The number of rotatable bonds is 13. The molecule has 4 nitrogen and oxygen atoms in total. The summed E-state index contributed by atoms with van der Waals surface area (Å²) in [7, 11) is -4.15. The molecule has 0 aliphatic carbocycles. The minimum Gasteiger partial charge on any atom is -0.392 e.